The van der Waals surface area contributed by atoms with Crippen molar-refractivity contribution < 1.29 is 9.84 Å². The first-order valence-electron chi connectivity index (χ1n) is 10.1. The third-order valence-corrected chi connectivity index (χ3v) is 5.20. The Labute approximate surface area is 176 Å². The van der Waals surface area contributed by atoms with Crippen LogP contribution in [0.25, 0.3) is 0 Å². The first kappa shape index (κ1) is 23.9. The van der Waals surface area contributed by atoms with Crippen LogP contribution in [0.4, 0.5) is 0 Å². The van der Waals surface area contributed by atoms with Gasteiger partial charge in [0.05, 0.1) is 24.9 Å². The molecule has 0 atom stereocenters. The van der Waals surface area contributed by atoms with Crippen LogP contribution in [0, 0.1) is 0 Å². The molecule has 0 unspecified atom stereocenters. The molecule has 1 aliphatic carbocycles. The third-order valence-electron chi connectivity index (χ3n) is 5.20. The zero-order valence-electron chi connectivity index (χ0n) is 16.8. The summed E-state index contributed by atoms with van der Waals surface area (Å²) in [4.78, 5) is 7.14. The van der Waals surface area contributed by atoms with Crippen LogP contribution in [0.2, 0.25) is 0 Å². The molecule has 1 heterocycles. The lowest BCUT2D eigenvalue weighted by Crippen LogP contribution is -2.49. The molecule has 0 aromatic heterocycles. The van der Waals surface area contributed by atoms with Gasteiger partial charge < -0.3 is 25.4 Å². The average molecular weight is 482 g/mol. The maximum atomic E-state index is 10.5. The predicted octanol–water partition coefficient (Wildman–Crippen LogP) is 2.35. The highest BCUT2D eigenvalue weighted by molar-refractivity contribution is 14.0. The van der Waals surface area contributed by atoms with Gasteiger partial charge in [-0.2, -0.15) is 0 Å². The number of likely N-dealkylation sites (tertiary alicyclic amines) is 1. The summed E-state index contributed by atoms with van der Waals surface area (Å²) in [5.41, 5.74) is -0.581. The van der Waals surface area contributed by atoms with Crippen molar-refractivity contribution in [3.8, 4) is 0 Å². The molecule has 0 aromatic carbocycles. The van der Waals surface area contributed by atoms with Gasteiger partial charge in [-0.25, -0.2) is 0 Å². The minimum atomic E-state index is -0.581. The van der Waals surface area contributed by atoms with Gasteiger partial charge >= 0.3 is 0 Å². The number of aliphatic imine (C=N–C) groups is 1. The van der Waals surface area contributed by atoms with Crippen molar-refractivity contribution in [3.63, 3.8) is 0 Å². The molecule has 2 fully saturated rings. The van der Waals surface area contributed by atoms with Crippen molar-refractivity contribution in [1.29, 1.82) is 0 Å². The molecule has 1 saturated carbocycles. The molecule has 0 spiro atoms. The van der Waals surface area contributed by atoms with Crippen molar-refractivity contribution in [2.75, 3.05) is 39.3 Å². The number of guanidine groups is 1. The van der Waals surface area contributed by atoms with E-state index in [1.807, 2.05) is 0 Å². The topological polar surface area (TPSA) is 69.1 Å². The molecule has 26 heavy (non-hydrogen) atoms. The Kier molecular flexibility index (Phi) is 11.4. The van der Waals surface area contributed by atoms with Crippen LogP contribution in [0.5, 0.6) is 0 Å². The Balaban J connectivity index is 0.00000338. The Morgan fingerprint density at radius 3 is 2.50 bits per heavy atom. The van der Waals surface area contributed by atoms with Gasteiger partial charge in [-0.15, -0.1) is 24.0 Å². The number of halogens is 1. The number of rotatable bonds is 8. The SMILES string of the molecule is CCNC(=NCC1(O)CCCC1)NC1CCN(CCOC(C)C)CC1.I. The largest absolute Gasteiger partial charge is 0.388 e. The fourth-order valence-electron chi connectivity index (χ4n) is 3.65. The van der Waals surface area contributed by atoms with Crippen LogP contribution >= 0.6 is 24.0 Å². The Bertz CT molecular complexity index is 406. The highest BCUT2D eigenvalue weighted by Crippen LogP contribution is 2.29. The number of nitrogens with one attached hydrogen (secondary N) is 2. The second kappa shape index (κ2) is 12.4. The molecule has 2 rings (SSSR count). The molecule has 6 nitrogen and oxygen atoms in total. The molecule has 1 aliphatic heterocycles. The Hall–Kier alpha value is -0.120. The molecule has 0 aromatic rings. The molecule has 2 aliphatic rings. The molecule has 0 amide bonds. The van der Waals surface area contributed by atoms with E-state index in [0.717, 1.165) is 77.3 Å². The summed E-state index contributed by atoms with van der Waals surface area (Å²) >= 11 is 0. The van der Waals surface area contributed by atoms with Gasteiger partial charge in [-0.1, -0.05) is 12.8 Å². The summed E-state index contributed by atoms with van der Waals surface area (Å²) in [6.45, 7) is 11.6. The van der Waals surface area contributed by atoms with Crippen LogP contribution in [-0.4, -0.2) is 73.0 Å². The van der Waals surface area contributed by atoms with E-state index in [2.05, 4.69) is 41.3 Å². The summed E-state index contributed by atoms with van der Waals surface area (Å²) < 4.78 is 5.65. The first-order valence-corrected chi connectivity index (χ1v) is 10.1. The van der Waals surface area contributed by atoms with Crippen molar-refractivity contribution in [3.05, 3.63) is 0 Å². The van der Waals surface area contributed by atoms with Crippen LogP contribution in [-0.2, 0) is 4.74 Å². The number of hydrogen-bond acceptors (Lipinski definition) is 4. The van der Waals surface area contributed by atoms with E-state index >= 15 is 0 Å². The zero-order valence-corrected chi connectivity index (χ0v) is 19.1. The molecular weight excluding hydrogens is 443 g/mol. The first-order chi connectivity index (χ1) is 12.0. The highest BCUT2D eigenvalue weighted by atomic mass is 127. The van der Waals surface area contributed by atoms with E-state index in [9.17, 15) is 5.11 Å². The number of nitrogens with zero attached hydrogens (tertiary/aromatic N) is 2. The van der Waals surface area contributed by atoms with Gasteiger partial charge in [-0.3, -0.25) is 4.99 Å². The molecule has 7 heteroatoms. The second-order valence-corrected chi connectivity index (χ2v) is 7.81. The second-order valence-electron chi connectivity index (χ2n) is 7.81. The standard InChI is InChI=1S/C19H38N4O2.HI/c1-4-20-18(21-15-19(24)9-5-6-10-19)22-17-7-11-23(12-8-17)13-14-25-16(2)3;/h16-17,24H,4-15H2,1-3H3,(H2,20,21,22);1H. The van der Waals surface area contributed by atoms with E-state index in [1.54, 1.807) is 0 Å². The van der Waals surface area contributed by atoms with E-state index in [0.29, 0.717) is 18.7 Å². The van der Waals surface area contributed by atoms with Gasteiger partial charge in [0.25, 0.3) is 0 Å². The Morgan fingerprint density at radius 2 is 1.92 bits per heavy atom. The number of piperidine rings is 1. The smallest absolute Gasteiger partial charge is 0.191 e. The fraction of sp³-hybridized carbons (Fsp3) is 0.947. The normalized spacial score (nSPS) is 21.7. The van der Waals surface area contributed by atoms with E-state index in [-0.39, 0.29) is 24.0 Å². The van der Waals surface area contributed by atoms with Crippen molar-refractivity contribution in [1.82, 2.24) is 15.5 Å². The summed E-state index contributed by atoms with van der Waals surface area (Å²) in [7, 11) is 0. The molecule has 0 radical (unpaired) electrons. The quantitative estimate of drug-likeness (QED) is 0.282. The maximum absolute atomic E-state index is 10.5. The third kappa shape index (κ3) is 8.71. The van der Waals surface area contributed by atoms with Crippen molar-refractivity contribution >= 4 is 29.9 Å². The summed E-state index contributed by atoms with van der Waals surface area (Å²) in [5, 5.41) is 17.4. The summed E-state index contributed by atoms with van der Waals surface area (Å²) in [6.07, 6.45) is 6.56. The maximum Gasteiger partial charge on any atom is 0.191 e. The zero-order chi connectivity index (χ0) is 18.1. The Morgan fingerprint density at radius 1 is 1.27 bits per heavy atom. The van der Waals surface area contributed by atoms with Gasteiger partial charge in [0.15, 0.2) is 5.96 Å². The summed E-state index contributed by atoms with van der Waals surface area (Å²) in [6, 6.07) is 0.457. The number of hydrogen-bond donors (Lipinski definition) is 3. The minimum Gasteiger partial charge on any atom is -0.388 e. The number of ether oxygens (including phenoxy) is 1. The predicted molar refractivity (Wildman–Crippen MR) is 118 cm³/mol. The minimum absolute atomic E-state index is 0. The average Bonchev–Trinajstić information content (AvgIpc) is 3.01. The van der Waals surface area contributed by atoms with E-state index in [1.165, 1.54) is 0 Å². The lowest BCUT2D eigenvalue weighted by atomic mass is 10.0. The van der Waals surface area contributed by atoms with Crippen molar-refractivity contribution in [2.45, 2.75) is 77.0 Å². The lowest BCUT2D eigenvalue weighted by molar-refractivity contribution is 0.0531. The van der Waals surface area contributed by atoms with Crippen LogP contribution in [0.1, 0.15) is 59.3 Å². The molecular formula is C19H39IN4O2. The monoisotopic (exact) mass is 482 g/mol. The number of aliphatic hydroxyl groups is 1. The molecule has 154 valence electrons. The fourth-order valence-corrected chi connectivity index (χ4v) is 3.65. The van der Waals surface area contributed by atoms with Gasteiger partial charge in [0.2, 0.25) is 0 Å². The van der Waals surface area contributed by atoms with Gasteiger partial charge in [0.1, 0.15) is 0 Å². The molecule has 1 saturated heterocycles. The van der Waals surface area contributed by atoms with E-state index < -0.39 is 5.60 Å². The lowest BCUT2D eigenvalue weighted by Gasteiger charge is -2.33. The highest BCUT2D eigenvalue weighted by Gasteiger charge is 2.31. The van der Waals surface area contributed by atoms with Gasteiger partial charge in [-0.05, 0) is 46.5 Å². The van der Waals surface area contributed by atoms with E-state index in [4.69, 9.17) is 4.74 Å². The summed E-state index contributed by atoms with van der Waals surface area (Å²) in [5.74, 6) is 0.851. The van der Waals surface area contributed by atoms with Gasteiger partial charge in [0, 0.05) is 32.2 Å². The van der Waals surface area contributed by atoms with Crippen LogP contribution < -0.4 is 10.6 Å². The van der Waals surface area contributed by atoms with Crippen molar-refractivity contribution in [2.24, 2.45) is 4.99 Å². The van der Waals surface area contributed by atoms with Crippen LogP contribution in [0.3, 0.4) is 0 Å². The molecule has 0 bridgehead atoms. The molecule has 3 N–H and O–H groups in total. The van der Waals surface area contributed by atoms with Crippen LogP contribution in [0.15, 0.2) is 4.99 Å².